The van der Waals surface area contributed by atoms with E-state index < -0.39 is 6.04 Å². The van der Waals surface area contributed by atoms with Crippen molar-refractivity contribution in [1.29, 1.82) is 0 Å². The minimum absolute atomic E-state index is 0.0726. The molecule has 1 aromatic heterocycles. The van der Waals surface area contributed by atoms with Gasteiger partial charge in [0.05, 0.1) is 5.69 Å². The second-order valence-corrected chi connectivity index (χ2v) is 5.72. The van der Waals surface area contributed by atoms with E-state index in [-0.39, 0.29) is 5.91 Å². The topological polar surface area (TPSA) is 58.4 Å². The van der Waals surface area contributed by atoms with E-state index in [9.17, 15) is 4.79 Å². The minimum atomic E-state index is -0.407. The van der Waals surface area contributed by atoms with Crippen molar-refractivity contribution in [3.05, 3.63) is 51.9 Å². The van der Waals surface area contributed by atoms with Gasteiger partial charge in [0.1, 0.15) is 11.8 Å². The van der Waals surface area contributed by atoms with Crippen molar-refractivity contribution in [3.63, 3.8) is 0 Å². The second kappa shape index (κ2) is 6.94. The second-order valence-electron chi connectivity index (χ2n) is 5.29. The molecule has 1 N–H and O–H groups in total. The van der Waals surface area contributed by atoms with Crippen LogP contribution in [-0.2, 0) is 11.3 Å². The number of rotatable bonds is 5. The van der Waals surface area contributed by atoms with E-state index in [1.807, 2.05) is 37.9 Å². The average Bonchev–Trinajstić information content (AvgIpc) is 2.81. The molecule has 1 amide bonds. The molecule has 0 bridgehead atoms. The van der Waals surface area contributed by atoms with Crippen molar-refractivity contribution in [2.24, 2.45) is 0 Å². The van der Waals surface area contributed by atoms with Crippen LogP contribution < -0.4 is 5.32 Å². The zero-order valence-corrected chi connectivity index (χ0v) is 13.9. The van der Waals surface area contributed by atoms with Crippen LogP contribution >= 0.6 is 11.6 Å². The molecule has 0 saturated carbocycles. The van der Waals surface area contributed by atoms with Crippen molar-refractivity contribution in [2.75, 3.05) is 14.1 Å². The fraction of sp³-hybridized carbons (Fsp3) is 0.375. The smallest absolute Gasteiger partial charge is 0.241 e. The Morgan fingerprint density at radius 2 is 2.00 bits per heavy atom. The van der Waals surface area contributed by atoms with Crippen molar-refractivity contribution < 1.29 is 9.32 Å². The monoisotopic (exact) mass is 321 g/mol. The van der Waals surface area contributed by atoms with Gasteiger partial charge in [-0.2, -0.15) is 0 Å². The molecule has 22 heavy (non-hydrogen) atoms. The highest BCUT2D eigenvalue weighted by atomic mass is 35.5. The van der Waals surface area contributed by atoms with Gasteiger partial charge in [0.25, 0.3) is 0 Å². The lowest BCUT2D eigenvalue weighted by Gasteiger charge is -2.27. The van der Waals surface area contributed by atoms with E-state index in [0.717, 1.165) is 22.6 Å². The molecule has 6 heteroatoms. The Hall–Kier alpha value is -1.85. The molecule has 5 nitrogen and oxygen atoms in total. The number of halogens is 1. The van der Waals surface area contributed by atoms with Gasteiger partial charge in [0.15, 0.2) is 0 Å². The first kappa shape index (κ1) is 16.5. The number of likely N-dealkylation sites (N-methyl/N-ethyl adjacent to an activating group) is 2. The molecule has 1 atom stereocenters. The maximum absolute atomic E-state index is 12.3. The van der Waals surface area contributed by atoms with Crippen LogP contribution in [0.2, 0.25) is 5.02 Å². The zero-order valence-electron chi connectivity index (χ0n) is 13.2. The van der Waals surface area contributed by atoms with E-state index in [4.69, 9.17) is 16.1 Å². The fourth-order valence-corrected chi connectivity index (χ4v) is 2.58. The van der Waals surface area contributed by atoms with Crippen LogP contribution in [0.15, 0.2) is 28.8 Å². The summed E-state index contributed by atoms with van der Waals surface area (Å²) in [6, 6.07) is 6.90. The zero-order chi connectivity index (χ0) is 16.3. The van der Waals surface area contributed by atoms with E-state index in [0.29, 0.717) is 11.6 Å². The summed E-state index contributed by atoms with van der Waals surface area (Å²) < 4.78 is 5.19. The largest absolute Gasteiger partial charge is 0.361 e. The molecule has 1 aromatic carbocycles. The summed E-state index contributed by atoms with van der Waals surface area (Å²) in [7, 11) is 3.54. The van der Waals surface area contributed by atoms with Gasteiger partial charge in [-0.05, 0) is 38.6 Å². The third-order valence-corrected chi connectivity index (χ3v) is 3.96. The molecule has 0 aliphatic carbocycles. The standard InChI is InChI=1S/C16H20ClN3O2/c1-10-14(11(2)22-19-10)9-20(4)15(16(21)18-3)12-5-7-13(17)8-6-12/h5-8,15H,9H2,1-4H3,(H,18,21)/t15-/m0/s1. The van der Waals surface area contributed by atoms with Gasteiger partial charge < -0.3 is 9.84 Å². The molecule has 118 valence electrons. The van der Waals surface area contributed by atoms with Gasteiger partial charge in [-0.1, -0.05) is 28.9 Å². The highest BCUT2D eigenvalue weighted by Crippen LogP contribution is 2.25. The Bertz CT molecular complexity index is 632. The van der Waals surface area contributed by atoms with E-state index in [1.54, 1.807) is 19.2 Å². The molecule has 0 aliphatic heterocycles. The van der Waals surface area contributed by atoms with Crippen LogP contribution in [0.3, 0.4) is 0 Å². The van der Waals surface area contributed by atoms with Crippen LogP contribution in [0.4, 0.5) is 0 Å². The van der Waals surface area contributed by atoms with Gasteiger partial charge in [-0.15, -0.1) is 0 Å². The molecule has 0 radical (unpaired) electrons. The lowest BCUT2D eigenvalue weighted by atomic mass is 10.0. The van der Waals surface area contributed by atoms with E-state index in [1.165, 1.54) is 0 Å². The average molecular weight is 322 g/mol. The predicted molar refractivity (Wildman–Crippen MR) is 85.7 cm³/mol. The quantitative estimate of drug-likeness (QED) is 0.920. The summed E-state index contributed by atoms with van der Waals surface area (Å²) in [5.74, 6) is 0.702. The summed E-state index contributed by atoms with van der Waals surface area (Å²) >= 11 is 5.93. The van der Waals surface area contributed by atoms with Crippen molar-refractivity contribution in [1.82, 2.24) is 15.4 Å². The molecule has 0 spiro atoms. The van der Waals surface area contributed by atoms with Crippen LogP contribution in [0, 0.1) is 13.8 Å². The predicted octanol–water partition coefficient (Wildman–Crippen LogP) is 2.86. The van der Waals surface area contributed by atoms with Crippen molar-refractivity contribution >= 4 is 17.5 Å². The summed E-state index contributed by atoms with van der Waals surface area (Å²) in [5, 5.41) is 7.32. The summed E-state index contributed by atoms with van der Waals surface area (Å²) in [4.78, 5) is 14.3. The molecule has 2 aromatic rings. The Balaban J connectivity index is 2.29. The number of amides is 1. The van der Waals surface area contributed by atoms with Gasteiger partial charge in [-0.3, -0.25) is 9.69 Å². The van der Waals surface area contributed by atoms with E-state index >= 15 is 0 Å². The van der Waals surface area contributed by atoms with Crippen LogP contribution in [0.1, 0.15) is 28.6 Å². The summed E-state index contributed by atoms with van der Waals surface area (Å²) in [6.07, 6.45) is 0. The molecule has 0 aliphatic rings. The maximum Gasteiger partial charge on any atom is 0.241 e. The highest BCUT2D eigenvalue weighted by molar-refractivity contribution is 6.30. The number of benzene rings is 1. The van der Waals surface area contributed by atoms with Crippen molar-refractivity contribution in [3.8, 4) is 0 Å². The number of hydrogen-bond acceptors (Lipinski definition) is 4. The SMILES string of the molecule is CNC(=O)[C@H](c1ccc(Cl)cc1)N(C)Cc1c(C)noc1C. The molecule has 0 unspecified atom stereocenters. The molecular weight excluding hydrogens is 302 g/mol. The molecule has 0 fully saturated rings. The first-order chi connectivity index (χ1) is 10.4. The molecular formula is C16H20ClN3O2. The Kier molecular flexibility index (Phi) is 5.21. The Morgan fingerprint density at radius 1 is 1.36 bits per heavy atom. The minimum Gasteiger partial charge on any atom is -0.361 e. The summed E-state index contributed by atoms with van der Waals surface area (Å²) in [6.45, 7) is 4.35. The normalized spacial score (nSPS) is 12.5. The van der Waals surface area contributed by atoms with Crippen molar-refractivity contribution in [2.45, 2.75) is 26.4 Å². The number of aryl methyl sites for hydroxylation is 2. The number of nitrogens with one attached hydrogen (secondary N) is 1. The van der Waals surface area contributed by atoms with E-state index in [2.05, 4.69) is 10.5 Å². The lowest BCUT2D eigenvalue weighted by molar-refractivity contribution is -0.125. The highest BCUT2D eigenvalue weighted by Gasteiger charge is 2.26. The lowest BCUT2D eigenvalue weighted by Crippen LogP contribution is -2.37. The number of carbonyl (C=O) groups is 1. The van der Waals surface area contributed by atoms with Gasteiger partial charge >= 0.3 is 0 Å². The van der Waals surface area contributed by atoms with Gasteiger partial charge in [-0.25, -0.2) is 0 Å². The molecule has 1 heterocycles. The van der Waals surface area contributed by atoms with Crippen LogP contribution in [-0.4, -0.2) is 30.1 Å². The Labute approximate surface area is 135 Å². The van der Waals surface area contributed by atoms with Gasteiger partial charge in [0, 0.05) is 24.2 Å². The first-order valence-corrected chi connectivity index (χ1v) is 7.41. The number of carbonyl (C=O) groups excluding carboxylic acids is 1. The number of nitrogens with zero attached hydrogens (tertiary/aromatic N) is 2. The van der Waals surface area contributed by atoms with Crippen LogP contribution in [0.5, 0.6) is 0 Å². The molecule has 0 saturated heterocycles. The maximum atomic E-state index is 12.3. The van der Waals surface area contributed by atoms with Crippen LogP contribution in [0.25, 0.3) is 0 Å². The third kappa shape index (κ3) is 3.48. The first-order valence-electron chi connectivity index (χ1n) is 7.03. The third-order valence-electron chi connectivity index (χ3n) is 3.71. The number of aromatic nitrogens is 1. The Morgan fingerprint density at radius 3 is 2.50 bits per heavy atom. The fourth-order valence-electron chi connectivity index (χ4n) is 2.46. The molecule has 2 rings (SSSR count). The van der Waals surface area contributed by atoms with Gasteiger partial charge in [0.2, 0.25) is 5.91 Å². The number of hydrogen-bond donors (Lipinski definition) is 1. The summed E-state index contributed by atoms with van der Waals surface area (Å²) in [5.41, 5.74) is 2.74.